The topological polar surface area (TPSA) is 70.4 Å². The molecule has 0 bridgehead atoms. The van der Waals surface area contributed by atoms with Crippen LogP contribution in [0.3, 0.4) is 0 Å². The largest absolute Gasteiger partial charge is 0.492 e. The van der Waals surface area contributed by atoms with Gasteiger partial charge < -0.3 is 9.53 Å². The Balaban J connectivity index is 1.64. The zero-order chi connectivity index (χ0) is 19.6. The van der Waals surface area contributed by atoms with Crippen LogP contribution in [0.1, 0.15) is 16.7 Å². The molecule has 1 atom stereocenters. The van der Waals surface area contributed by atoms with Gasteiger partial charge in [-0.25, -0.2) is 12.9 Å². The summed E-state index contributed by atoms with van der Waals surface area (Å²) in [5.74, 6) is -0.414. The predicted molar refractivity (Wildman–Crippen MR) is 99.0 cm³/mol. The fourth-order valence-corrected chi connectivity index (χ4v) is 4.56. The molecule has 7 heteroatoms. The second-order valence-corrected chi connectivity index (χ2v) is 8.29. The zero-order valence-corrected chi connectivity index (χ0v) is 15.9. The van der Waals surface area contributed by atoms with E-state index in [0.29, 0.717) is 13.1 Å². The fourth-order valence-electron chi connectivity index (χ4n) is 3.01. The Bertz CT molecular complexity index is 949. The van der Waals surface area contributed by atoms with Crippen molar-refractivity contribution in [2.45, 2.75) is 18.7 Å². The smallest absolute Gasteiger partial charge is 0.144 e. The first-order valence-corrected chi connectivity index (χ1v) is 9.51. The molecule has 0 spiro atoms. The average molecular weight is 386 g/mol. The van der Waals surface area contributed by atoms with E-state index in [9.17, 15) is 13.4 Å². The number of hydrogen-bond donors (Lipinski definition) is 0. The molecule has 0 amide bonds. The second kappa shape index (κ2) is 7.59. The van der Waals surface area contributed by atoms with Crippen molar-refractivity contribution in [2.24, 2.45) is 5.41 Å². The lowest BCUT2D eigenvalue weighted by atomic mass is 9.84. The van der Waals surface area contributed by atoms with Crippen molar-refractivity contribution in [3.63, 3.8) is 0 Å². The first kappa shape index (κ1) is 19.2. The summed E-state index contributed by atoms with van der Waals surface area (Å²) < 4.78 is 33.7. The Kier molecular flexibility index (Phi) is 5.40. The summed E-state index contributed by atoms with van der Waals surface area (Å²) in [6, 6.07) is 11.4. The van der Waals surface area contributed by atoms with Crippen LogP contribution in [0.4, 0.5) is 4.39 Å². The Morgan fingerprint density at radius 2 is 2.04 bits per heavy atom. The van der Waals surface area contributed by atoms with Crippen LogP contribution in [0.2, 0.25) is 0 Å². The van der Waals surface area contributed by atoms with Gasteiger partial charge in [0.05, 0.1) is 15.9 Å². The van der Waals surface area contributed by atoms with Crippen LogP contribution >= 0.6 is 0 Å². The number of aryl methyl sites for hydroxylation is 2. The summed E-state index contributed by atoms with van der Waals surface area (Å²) in [6.45, 7) is 4.55. The maximum Gasteiger partial charge on any atom is 0.144 e. The van der Waals surface area contributed by atoms with Crippen molar-refractivity contribution < 1.29 is 18.1 Å². The zero-order valence-electron chi connectivity index (χ0n) is 15.1. The van der Waals surface area contributed by atoms with Gasteiger partial charge in [-0.3, -0.25) is 0 Å². The van der Waals surface area contributed by atoms with Gasteiger partial charge in [0.25, 0.3) is 0 Å². The molecule has 0 aliphatic carbocycles. The molecule has 0 N–H and O–H groups in total. The van der Waals surface area contributed by atoms with Gasteiger partial charge in [-0.05, 0) is 37.6 Å². The first-order chi connectivity index (χ1) is 12.9. The number of carbonyl (C=O) groups excluding carboxylic acids is 1. The van der Waals surface area contributed by atoms with E-state index in [0.717, 1.165) is 28.4 Å². The van der Waals surface area contributed by atoms with E-state index in [1.54, 1.807) is 10.4 Å². The molecule has 5 nitrogen and oxygen atoms in total. The summed E-state index contributed by atoms with van der Waals surface area (Å²) in [4.78, 5) is 12.3. The third-order valence-corrected chi connectivity index (χ3v) is 6.13. The number of rotatable bonds is 6. The van der Waals surface area contributed by atoms with Crippen LogP contribution in [0.25, 0.3) is 0 Å². The third-order valence-electron chi connectivity index (χ3n) is 4.57. The highest BCUT2D eigenvalue weighted by Crippen LogP contribution is 2.33. The lowest BCUT2D eigenvalue weighted by molar-refractivity contribution is -0.124. The second-order valence-electron chi connectivity index (χ2n) is 6.84. The Morgan fingerprint density at radius 1 is 1.30 bits per heavy atom. The van der Waals surface area contributed by atoms with E-state index < -0.39 is 22.2 Å². The molecule has 1 aliphatic heterocycles. The van der Waals surface area contributed by atoms with Crippen LogP contribution in [0, 0.1) is 36.4 Å². The molecular weight excluding hydrogens is 367 g/mol. The lowest BCUT2D eigenvalue weighted by Gasteiger charge is -2.45. The van der Waals surface area contributed by atoms with E-state index in [-0.39, 0.29) is 17.9 Å². The first-order valence-electron chi connectivity index (χ1n) is 8.40. The van der Waals surface area contributed by atoms with Crippen LogP contribution in [0.5, 0.6) is 5.75 Å². The molecule has 2 aromatic carbocycles. The highest BCUT2D eigenvalue weighted by Gasteiger charge is 2.46. The molecule has 1 unspecified atom stereocenters. The molecule has 0 aromatic heterocycles. The highest BCUT2D eigenvalue weighted by atomic mass is 32.2. The molecule has 2 aromatic rings. The van der Waals surface area contributed by atoms with Gasteiger partial charge in [-0.2, -0.15) is 5.26 Å². The number of benzene rings is 2. The van der Waals surface area contributed by atoms with Crippen molar-refractivity contribution in [3.8, 4) is 11.8 Å². The molecule has 140 valence electrons. The van der Waals surface area contributed by atoms with Crippen LogP contribution < -0.4 is 4.74 Å². The summed E-state index contributed by atoms with van der Waals surface area (Å²) in [6.07, 6.45) is 0.808. The van der Waals surface area contributed by atoms with Crippen molar-refractivity contribution in [1.82, 2.24) is 4.31 Å². The van der Waals surface area contributed by atoms with Crippen LogP contribution in [0.15, 0.2) is 41.3 Å². The van der Waals surface area contributed by atoms with Gasteiger partial charge in [-0.1, -0.05) is 17.7 Å². The molecule has 1 fully saturated rings. The summed E-state index contributed by atoms with van der Waals surface area (Å²) in [5, 5.41) is 8.75. The Hall–Kier alpha value is -2.56. The van der Waals surface area contributed by atoms with Crippen LogP contribution in [-0.2, 0) is 15.8 Å². The van der Waals surface area contributed by atoms with Gasteiger partial charge in [0.1, 0.15) is 41.5 Å². The molecule has 27 heavy (non-hydrogen) atoms. The molecule has 0 saturated carbocycles. The number of nitriles is 1. The molecular formula is C20H19FN2O3S. The van der Waals surface area contributed by atoms with Crippen molar-refractivity contribution >= 4 is 17.3 Å². The fraction of sp³-hybridized carbons (Fsp3) is 0.300. The van der Waals surface area contributed by atoms with Crippen molar-refractivity contribution in [1.29, 1.82) is 5.26 Å². The minimum absolute atomic E-state index is 0.0580. The normalized spacial score (nSPS) is 16.8. The van der Waals surface area contributed by atoms with E-state index in [1.165, 1.54) is 12.1 Å². The summed E-state index contributed by atoms with van der Waals surface area (Å²) in [7, 11) is -1.34. The Morgan fingerprint density at radius 3 is 2.63 bits per heavy atom. The maximum absolute atomic E-state index is 13.6. The van der Waals surface area contributed by atoms with Gasteiger partial charge in [0.2, 0.25) is 0 Å². The predicted octanol–water partition coefficient (Wildman–Crippen LogP) is 2.92. The number of carbonyl (C=O) groups is 1. The van der Waals surface area contributed by atoms with Gasteiger partial charge in [0, 0.05) is 19.2 Å². The number of aldehydes is 1. The SMILES string of the molecule is Cc1ccc(S(=O)N2CC(C=O)(COc3ccc(C#N)c(F)c3)C2)c(C)c1. The van der Waals surface area contributed by atoms with Crippen molar-refractivity contribution in [3.05, 3.63) is 58.9 Å². The van der Waals surface area contributed by atoms with Gasteiger partial charge >= 0.3 is 0 Å². The Labute approximate surface area is 160 Å². The average Bonchev–Trinajstić information content (AvgIpc) is 2.61. The third kappa shape index (κ3) is 3.92. The molecule has 1 saturated heterocycles. The maximum atomic E-state index is 13.6. The number of halogens is 1. The number of nitrogens with zero attached hydrogens (tertiary/aromatic N) is 2. The molecule has 1 aliphatic rings. The minimum Gasteiger partial charge on any atom is -0.492 e. The van der Waals surface area contributed by atoms with E-state index >= 15 is 0 Å². The standard InChI is InChI=1S/C20H19FN2O3S/c1-14-3-6-19(15(2)7-14)27(25)23-10-20(11-23,12-24)13-26-17-5-4-16(9-22)18(21)8-17/h3-8,12H,10-11,13H2,1-2H3. The highest BCUT2D eigenvalue weighted by molar-refractivity contribution is 7.82. The minimum atomic E-state index is -1.34. The summed E-state index contributed by atoms with van der Waals surface area (Å²) in [5.41, 5.74) is 1.20. The van der Waals surface area contributed by atoms with E-state index in [4.69, 9.17) is 10.00 Å². The van der Waals surface area contributed by atoms with Gasteiger partial charge in [-0.15, -0.1) is 0 Å². The van der Waals surface area contributed by atoms with E-state index in [1.807, 2.05) is 32.0 Å². The lowest BCUT2D eigenvalue weighted by Crippen LogP contribution is -2.60. The number of ether oxygens (including phenoxy) is 1. The van der Waals surface area contributed by atoms with Gasteiger partial charge in [0.15, 0.2) is 0 Å². The number of hydrogen-bond acceptors (Lipinski definition) is 4. The molecule has 3 rings (SSSR count). The van der Waals surface area contributed by atoms with E-state index in [2.05, 4.69) is 0 Å². The van der Waals surface area contributed by atoms with Crippen LogP contribution in [-0.4, -0.2) is 34.5 Å². The summed E-state index contributed by atoms with van der Waals surface area (Å²) >= 11 is 0. The monoisotopic (exact) mass is 386 g/mol. The molecule has 0 radical (unpaired) electrons. The quantitative estimate of drug-likeness (QED) is 0.716. The van der Waals surface area contributed by atoms with Crippen molar-refractivity contribution in [2.75, 3.05) is 19.7 Å². The molecule has 1 heterocycles.